The van der Waals surface area contributed by atoms with Crippen molar-refractivity contribution < 1.29 is 22.1 Å². The molecule has 0 aromatic heterocycles. The molecular formula is C28H29NO5S. The third-order valence-electron chi connectivity index (χ3n) is 6.86. The molecule has 0 radical (unpaired) electrons. The van der Waals surface area contributed by atoms with Crippen LogP contribution in [0.25, 0.3) is 0 Å². The summed E-state index contributed by atoms with van der Waals surface area (Å²) in [6.45, 7) is 1.91. The van der Waals surface area contributed by atoms with Gasteiger partial charge in [-0.05, 0) is 61.7 Å². The Hall–Kier alpha value is -3.32. The summed E-state index contributed by atoms with van der Waals surface area (Å²) in [5.74, 6) is 1.93. The monoisotopic (exact) mass is 491 g/mol. The van der Waals surface area contributed by atoms with Gasteiger partial charge in [0.05, 0.1) is 26.0 Å². The summed E-state index contributed by atoms with van der Waals surface area (Å²) >= 11 is 0. The molecule has 3 aromatic rings. The van der Waals surface area contributed by atoms with Crippen molar-refractivity contribution in [1.29, 1.82) is 0 Å². The van der Waals surface area contributed by atoms with Gasteiger partial charge in [0.2, 0.25) is 0 Å². The first-order valence-corrected chi connectivity index (χ1v) is 13.3. The first kappa shape index (κ1) is 23.4. The van der Waals surface area contributed by atoms with Gasteiger partial charge in [0.25, 0.3) is 0 Å². The van der Waals surface area contributed by atoms with Gasteiger partial charge in [-0.1, -0.05) is 42.7 Å². The minimum Gasteiger partial charge on any atom is -0.493 e. The van der Waals surface area contributed by atoms with Gasteiger partial charge < -0.3 is 13.7 Å². The van der Waals surface area contributed by atoms with Crippen LogP contribution in [0, 0.1) is 6.92 Å². The molecule has 6 nitrogen and oxygen atoms in total. The van der Waals surface area contributed by atoms with Gasteiger partial charge in [-0.15, -0.1) is 0 Å². The topological polar surface area (TPSA) is 74.2 Å². The molecule has 0 N–H and O–H groups in total. The average Bonchev–Trinajstić information content (AvgIpc) is 2.87. The number of methoxy groups -OCH3 is 2. The van der Waals surface area contributed by atoms with Crippen molar-refractivity contribution in [2.24, 2.45) is 4.99 Å². The van der Waals surface area contributed by atoms with Gasteiger partial charge in [-0.2, -0.15) is 8.42 Å². The summed E-state index contributed by atoms with van der Waals surface area (Å²) in [4.78, 5) is 5.29. The van der Waals surface area contributed by atoms with Crippen LogP contribution in [0.3, 0.4) is 0 Å². The Bertz CT molecular complexity index is 1380. The van der Waals surface area contributed by atoms with E-state index in [2.05, 4.69) is 6.07 Å². The Morgan fingerprint density at radius 3 is 2.34 bits per heavy atom. The van der Waals surface area contributed by atoms with E-state index in [9.17, 15) is 8.42 Å². The number of rotatable bonds is 6. The molecular weight excluding hydrogens is 462 g/mol. The van der Waals surface area contributed by atoms with E-state index in [0.29, 0.717) is 17.4 Å². The number of aryl methyl sites for hydroxylation is 1. The van der Waals surface area contributed by atoms with Crippen molar-refractivity contribution in [2.45, 2.75) is 49.5 Å². The van der Waals surface area contributed by atoms with Crippen LogP contribution >= 0.6 is 0 Å². The van der Waals surface area contributed by atoms with E-state index in [0.717, 1.165) is 41.7 Å². The van der Waals surface area contributed by atoms with Crippen LogP contribution in [0.2, 0.25) is 0 Å². The predicted octanol–water partition coefficient (Wildman–Crippen LogP) is 5.66. The summed E-state index contributed by atoms with van der Waals surface area (Å²) in [5, 5.41) is 0. The molecule has 2 aliphatic rings. The molecule has 1 saturated carbocycles. The third kappa shape index (κ3) is 4.52. The van der Waals surface area contributed by atoms with Crippen molar-refractivity contribution in [2.75, 3.05) is 14.2 Å². The van der Waals surface area contributed by atoms with Crippen molar-refractivity contribution in [3.05, 3.63) is 82.9 Å². The first-order chi connectivity index (χ1) is 16.9. The Morgan fingerprint density at radius 2 is 1.60 bits per heavy atom. The molecule has 3 aromatic carbocycles. The van der Waals surface area contributed by atoms with E-state index in [1.165, 1.54) is 12.0 Å². The maximum absolute atomic E-state index is 12.9. The molecule has 35 heavy (non-hydrogen) atoms. The first-order valence-electron chi connectivity index (χ1n) is 11.9. The van der Waals surface area contributed by atoms with Crippen LogP contribution in [0.1, 0.15) is 53.9 Å². The molecule has 0 amide bonds. The minimum atomic E-state index is -3.95. The molecule has 1 heterocycles. The molecule has 2 atom stereocenters. The summed E-state index contributed by atoms with van der Waals surface area (Å²) in [7, 11) is -0.682. The van der Waals surface area contributed by atoms with Crippen LogP contribution in [-0.4, -0.2) is 34.4 Å². The van der Waals surface area contributed by atoms with E-state index in [4.69, 9.17) is 18.6 Å². The zero-order chi connectivity index (χ0) is 24.6. The smallest absolute Gasteiger partial charge is 0.339 e. The van der Waals surface area contributed by atoms with Crippen molar-refractivity contribution in [3.8, 4) is 17.2 Å². The van der Waals surface area contributed by atoms with Crippen LogP contribution in [0.5, 0.6) is 17.2 Å². The van der Waals surface area contributed by atoms with Crippen LogP contribution in [-0.2, 0) is 10.1 Å². The maximum atomic E-state index is 12.9. The Morgan fingerprint density at radius 1 is 0.886 bits per heavy atom. The average molecular weight is 492 g/mol. The standard InChI is InChI=1S/C28H29NO5S/c1-18-11-13-21(14-12-18)35(30,31)34-20-8-6-7-19(15-20)28-24-17-27(33-3)26(32-2)16-23(24)22-9-4-5-10-25(22)29-28/h6-8,11-17,22,25H,4-5,9-10H2,1-3H3/t22-,25-/m1/s1. The number of benzene rings is 3. The van der Waals surface area contributed by atoms with Crippen LogP contribution < -0.4 is 13.7 Å². The van der Waals surface area contributed by atoms with Gasteiger partial charge in [0.1, 0.15) is 10.6 Å². The number of aliphatic imine (C=N–C) groups is 1. The Balaban J connectivity index is 1.55. The van der Waals surface area contributed by atoms with Crippen molar-refractivity contribution >= 4 is 15.8 Å². The predicted molar refractivity (Wildman–Crippen MR) is 136 cm³/mol. The summed E-state index contributed by atoms with van der Waals surface area (Å²) in [6, 6.07) is 18.0. The lowest BCUT2D eigenvalue weighted by atomic mass is 9.75. The highest BCUT2D eigenvalue weighted by molar-refractivity contribution is 7.87. The third-order valence-corrected chi connectivity index (χ3v) is 8.12. The van der Waals surface area contributed by atoms with Crippen LogP contribution in [0.4, 0.5) is 0 Å². The molecule has 0 bridgehead atoms. The molecule has 1 aliphatic carbocycles. The van der Waals surface area contributed by atoms with E-state index in [1.54, 1.807) is 56.7 Å². The van der Waals surface area contributed by atoms with Crippen molar-refractivity contribution in [3.63, 3.8) is 0 Å². The van der Waals surface area contributed by atoms with Gasteiger partial charge >= 0.3 is 10.1 Å². The lowest BCUT2D eigenvalue weighted by Crippen LogP contribution is -2.29. The number of nitrogens with zero attached hydrogens (tertiary/aromatic N) is 1. The summed E-state index contributed by atoms with van der Waals surface area (Å²) < 4.78 is 42.4. The summed E-state index contributed by atoms with van der Waals surface area (Å²) in [5.41, 5.74) is 4.80. The zero-order valence-electron chi connectivity index (χ0n) is 20.2. The largest absolute Gasteiger partial charge is 0.493 e. The molecule has 5 rings (SSSR count). The highest BCUT2D eigenvalue weighted by Crippen LogP contribution is 2.45. The fourth-order valence-corrected chi connectivity index (χ4v) is 6.00. The van der Waals surface area contributed by atoms with Crippen molar-refractivity contribution in [1.82, 2.24) is 0 Å². The number of ether oxygens (including phenoxy) is 2. The second-order valence-electron chi connectivity index (χ2n) is 9.11. The normalized spacial score (nSPS) is 19.2. The SMILES string of the molecule is COc1cc2c(cc1OC)[C@H]1CCCC[C@H]1N=C2c1cccc(OS(=O)(=O)c2ccc(C)cc2)c1. The molecule has 182 valence electrons. The molecule has 7 heteroatoms. The highest BCUT2D eigenvalue weighted by atomic mass is 32.2. The fourth-order valence-electron chi connectivity index (χ4n) is 5.08. The maximum Gasteiger partial charge on any atom is 0.339 e. The minimum absolute atomic E-state index is 0.121. The second-order valence-corrected chi connectivity index (χ2v) is 10.7. The summed E-state index contributed by atoms with van der Waals surface area (Å²) in [6.07, 6.45) is 4.44. The fraction of sp³-hybridized carbons (Fsp3) is 0.321. The molecule has 1 fully saturated rings. The Labute approximate surface area is 206 Å². The zero-order valence-corrected chi connectivity index (χ0v) is 21.0. The lowest BCUT2D eigenvalue weighted by molar-refractivity contribution is 0.349. The highest BCUT2D eigenvalue weighted by Gasteiger charge is 2.34. The number of hydrogen-bond donors (Lipinski definition) is 0. The second kappa shape index (κ2) is 9.38. The van der Waals surface area contributed by atoms with Gasteiger partial charge in [0.15, 0.2) is 11.5 Å². The molecule has 0 saturated heterocycles. The Kier molecular flexibility index (Phi) is 6.28. The lowest BCUT2D eigenvalue weighted by Gasteiger charge is -2.35. The molecule has 0 spiro atoms. The number of hydrogen-bond acceptors (Lipinski definition) is 6. The van der Waals surface area contributed by atoms with E-state index >= 15 is 0 Å². The van der Waals surface area contributed by atoms with E-state index in [-0.39, 0.29) is 16.7 Å². The van der Waals surface area contributed by atoms with Gasteiger partial charge in [0, 0.05) is 17.0 Å². The van der Waals surface area contributed by atoms with E-state index < -0.39 is 10.1 Å². The number of fused-ring (bicyclic) bond motifs is 3. The molecule has 0 unspecified atom stereocenters. The quantitative estimate of drug-likeness (QED) is 0.416. The van der Waals surface area contributed by atoms with Gasteiger partial charge in [-0.3, -0.25) is 4.99 Å². The molecule has 1 aliphatic heterocycles. The van der Waals surface area contributed by atoms with Gasteiger partial charge in [-0.25, -0.2) is 0 Å². The van der Waals surface area contributed by atoms with Crippen LogP contribution in [0.15, 0.2) is 70.6 Å². The van der Waals surface area contributed by atoms with E-state index in [1.807, 2.05) is 19.1 Å².